The van der Waals surface area contributed by atoms with Crippen LogP contribution in [0.15, 0.2) is 18.2 Å². The van der Waals surface area contributed by atoms with Crippen molar-refractivity contribution in [2.75, 3.05) is 17.3 Å². The highest BCUT2D eigenvalue weighted by atomic mass is 35.5. The molecule has 1 aromatic carbocycles. The first-order valence-corrected chi connectivity index (χ1v) is 6.77. The van der Waals surface area contributed by atoms with Gasteiger partial charge in [-0.2, -0.15) is 0 Å². The van der Waals surface area contributed by atoms with Crippen LogP contribution < -0.4 is 10.2 Å². The number of halogens is 1. The smallest absolute Gasteiger partial charge is 0.235 e. The van der Waals surface area contributed by atoms with E-state index < -0.39 is 0 Å². The number of hydrogen-bond acceptors (Lipinski definition) is 2. The molecule has 1 N–H and O–H groups in total. The van der Waals surface area contributed by atoms with E-state index in [-0.39, 0.29) is 23.7 Å². The average Bonchev–Trinajstić information content (AvgIpc) is 2.73. The second-order valence-electron chi connectivity index (χ2n) is 4.88. The van der Waals surface area contributed by atoms with E-state index in [9.17, 15) is 9.59 Å². The quantitative estimate of drug-likeness (QED) is 0.858. The van der Waals surface area contributed by atoms with Gasteiger partial charge in [0.2, 0.25) is 11.8 Å². The number of hydrogen-bond donors (Lipinski definition) is 1. The lowest BCUT2D eigenvalue weighted by molar-refractivity contribution is -0.119. The normalized spacial score (nSPS) is 18.8. The van der Waals surface area contributed by atoms with E-state index in [4.69, 9.17) is 11.6 Å². The van der Waals surface area contributed by atoms with Crippen LogP contribution in [0.25, 0.3) is 0 Å². The van der Waals surface area contributed by atoms with Gasteiger partial charge >= 0.3 is 0 Å². The molecule has 1 aromatic rings. The molecule has 2 rings (SSSR count). The van der Waals surface area contributed by atoms with Gasteiger partial charge in [0.15, 0.2) is 0 Å². The lowest BCUT2D eigenvalue weighted by atomic mass is 10.1. The van der Waals surface area contributed by atoms with Crippen molar-refractivity contribution < 1.29 is 9.59 Å². The number of benzene rings is 1. The second kappa shape index (κ2) is 5.61. The first kappa shape index (κ1) is 13.9. The van der Waals surface area contributed by atoms with E-state index >= 15 is 0 Å². The first-order valence-electron chi connectivity index (χ1n) is 6.24. The van der Waals surface area contributed by atoms with Crippen LogP contribution in [0, 0.1) is 13.8 Å². The van der Waals surface area contributed by atoms with Gasteiger partial charge in [-0.25, -0.2) is 0 Å². The van der Waals surface area contributed by atoms with Crippen molar-refractivity contribution in [3.63, 3.8) is 0 Å². The van der Waals surface area contributed by atoms with Gasteiger partial charge in [0.1, 0.15) is 5.88 Å². The van der Waals surface area contributed by atoms with Crippen molar-refractivity contribution in [2.24, 2.45) is 0 Å². The predicted molar refractivity (Wildman–Crippen MR) is 75.5 cm³/mol. The second-order valence-corrected chi connectivity index (χ2v) is 5.14. The molecule has 4 nitrogen and oxygen atoms in total. The standard InChI is InChI=1S/C14H17ClN2O2/c1-9-3-4-12(5-10(9)2)17-8-11(6-14(17)19)16-13(18)7-15/h3-5,11H,6-8H2,1-2H3,(H,16,18)/t11-/m1/s1. The third kappa shape index (κ3) is 3.07. The molecule has 0 aromatic heterocycles. The third-order valence-corrected chi connectivity index (χ3v) is 3.66. The lowest BCUT2D eigenvalue weighted by Gasteiger charge is -2.18. The molecule has 2 amide bonds. The number of nitrogens with one attached hydrogen (secondary N) is 1. The van der Waals surface area contributed by atoms with Crippen LogP contribution in [0.2, 0.25) is 0 Å². The van der Waals surface area contributed by atoms with E-state index in [1.54, 1.807) is 4.90 Å². The van der Waals surface area contributed by atoms with Gasteiger partial charge < -0.3 is 10.2 Å². The molecule has 0 aliphatic carbocycles. The predicted octanol–water partition coefficient (Wildman–Crippen LogP) is 1.76. The summed E-state index contributed by atoms with van der Waals surface area (Å²) >= 11 is 5.45. The Balaban J connectivity index is 2.11. The Bertz CT molecular complexity index is 516. The molecule has 0 bridgehead atoms. The topological polar surface area (TPSA) is 49.4 Å². The number of rotatable bonds is 3. The Morgan fingerprint density at radius 3 is 2.79 bits per heavy atom. The first-order chi connectivity index (χ1) is 9.01. The van der Waals surface area contributed by atoms with Gasteiger partial charge in [-0.3, -0.25) is 9.59 Å². The number of aryl methyl sites for hydroxylation is 2. The van der Waals surface area contributed by atoms with Crippen LogP contribution in [0.4, 0.5) is 5.69 Å². The fraction of sp³-hybridized carbons (Fsp3) is 0.429. The molecule has 0 saturated carbocycles. The molecular weight excluding hydrogens is 264 g/mol. The van der Waals surface area contributed by atoms with Crippen LogP contribution in [0.5, 0.6) is 0 Å². The van der Waals surface area contributed by atoms with Gasteiger partial charge in [0.25, 0.3) is 0 Å². The molecule has 0 unspecified atom stereocenters. The fourth-order valence-electron chi connectivity index (χ4n) is 2.21. The van der Waals surface area contributed by atoms with Gasteiger partial charge in [-0.15, -0.1) is 11.6 Å². The van der Waals surface area contributed by atoms with Crippen molar-refractivity contribution in [1.29, 1.82) is 0 Å². The summed E-state index contributed by atoms with van der Waals surface area (Å²) in [7, 11) is 0. The van der Waals surface area contributed by atoms with Crippen molar-refractivity contribution in [3.8, 4) is 0 Å². The maximum atomic E-state index is 12.0. The molecule has 1 aliphatic rings. The molecule has 1 fully saturated rings. The van der Waals surface area contributed by atoms with Crippen molar-refractivity contribution in [3.05, 3.63) is 29.3 Å². The zero-order chi connectivity index (χ0) is 14.0. The van der Waals surface area contributed by atoms with Crippen molar-refractivity contribution in [1.82, 2.24) is 5.32 Å². The van der Waals surface area contributed by atoms with Gasteiger partial charge in [-0.05, 0) is 37.1 Å². The summed E-state index contributed by atoms with van der Waals surface area (Å²) in [5.74, 6) is -0.279. The van der Waals surface area contributed by atoms with Crippen molar-refractivity contribution in [2.45, 2.75) is 26.3 Å². The van der Waals surface area contributed by atoms with Gasteiger partial charge in [0, 0.05) is 18.7 Å². The SMILES string of the molecule is Cc1ccc(N2C[C@H](NC(=O)CCl)CC2=O)cc1C. The molecular formula is C14H17ClN2O2. The fourth-order valence-corrected chi connectivity index (χ4v) is 2.29. The summed E-state index contributed by atoms with van der Waals surface area (Å²) in [4.78, 5) is 25.0. The molecule has 1 heterocycles. The van der Waals surface area contributed by atoms with E-state index in [0.717, 1.165) is 11.3 Å². The van der Waals surface area contributed by atoms with E-state index in [1.165, 1.54) is 5.56 Å². The van der Waals surface area contributed by atoms with Crippen LogP contribution in [0.1, 0.15) is 17.5 Å². The molecule has 1 saturated heterocycles. The summed E-state index contributed by atoms with van der Waals surface area (Å²) in [5, 5.41) is 2.75. The minimum Gasteiger partial charge on any atom is -0.350 e. The number of carbonyl (C=O) groups excluding carboxylic acids is 2. The zero-order valence-corrected chi connectivity index (χ0v) is 11.8. The molecule has 102 valence electrons. The minimum absolute atomic E-state index is 0.0307. The van der Waals surface area contributed by atoms with E-state index in [2.05, 4.69) is 5.32 Å². The van der Waals surface area contributed by atoms with Crippen LogP contribution >= 0.6 is 11.6 Å². The summed E-state index contributed by atoms with van der Waals surface area (Å²) in [6.45, 7) is 4.56. The summed E-state index contributed by atoms with van der Waals surface area (Å²) in [6.07, 6.45) is 0.329. The molecule has 1 aliphatic heterocycles. The van der Waals surface area contributed by atoms with Crippen LogP contribution in [-0.2, 0) is 9.59 Å². The van der Waals surface area contributed by atoms with Crippen molar-refractivity contribution >= 4 is 29.1 Å². The highest BCUT2D eigenvalue weighted by Crippen LogP contribution is 2.24. The summed E-state index contributed by atoms with van der Waals surface area (Å²) < 4.78 is 0. The molecule has 5 heteroatoms. The Kier molecular flexibility index (Phi) is 4.10. The number of alkyl halides is 1. The Labute approximate surface area is 117 Å². The summed E-state index contributed by atoms with van der Waals surface area (Å²) in [5.41, 5.74) is 3.23. The molecule has 1 atom stereocenters. The van der Waals surface area contributed by atoms with Gasteiger partial charge in [0.05, 0.1) is 6.04 Å². The lowest BCUT2D eigenvalue weighted by Crippen LogP contribution is -2.37. The number of carbonyl (C=O) groups is 2. The molecule has 0 radical (unpaired) electrons. The third-order valence-electron chi connectivity index (χ3n) is 3.41. The molecule has 19 heavy (non-hydrogen) atoms. The maximum Gasteiger partial charge on any atom is 0.235 e. The van der Waals surface area contributed by atoms with Crippen LogP contribution in [0.3, 0.4) is 0 Å². The maximum absolute atomic E-state index is 12.0. The zero-order valence-electron chi connectivity index (χ0n) is 11.1. The highest BCUT2D eigenvalue weighted by Gasteiger charge is 2.31. The summed E-state index contributed by atoms with van der Waals surface area (Å²) in [6, 6.07) is 5.79. The monoisotopic (exact) mass is 280 g/mol. The molecule has 0 spiro atoms. The van der Waals surface area contributed by atoms with E-state index in [0.29, 0.717) is 13.0 Å². The Hall–Kier alpha value is -1.55. The Morgan fingerprint density at radius 2 is 2.16 bits per heavy atom. The number of nitrogens with zero attached hydrogens (tertiary/aromatic N) is 1. The highest BCUT2D eigenvalue weighted by molar-refractivity contribution is 6.27. The number of amides is 2. The van der Waals surface area contributed by atoms with Crippen LogP contribution in [-0.4, -0.2) is 30.3 Å². The van der Waals surface area contributed by atoms with E-state index in [1.807, 2.05) is 32.0 Å². The van der Waals surface area contributed by atoms with Gasteiger partial charge in [-0.1, -0.05) is 6.07 Å². The largest absolute Gasteiger partial charge is 0.350 e. The number of anilines is 1. The average molecular weight is 281 g/mol. The Morgan fingerprint density at radius 1 is 1.42 bits per heavy atom. The minimum atomic E-state index is -0.235.